The van der Waals surface area contributed by atoms with E-state index in [0.717, 1.165) is 25.7 Å². The first-order chi connectivity index (χ1) is 9.52. The Morgan fingerprint density at radius 1 is 1.35 bits per heavy atom. The molecule has 1 aliphatic carbocycles. The number of carbonyl (C=O) groups is 1. The topological polar surface area (TPSA) is 46.5 Å². The lowest BCUT2D eigenvalue weighted by Gasteiger charge is -2.32. The van der Waals surface area contributed by atoms with Crippen molar-refractivity contribution in [3.8, 4) is 5.75 Å². The molecule has 0 radical (unpaired) electrons. The maximum atomic E-state index is 11.3. The van der Waals surface area contributed by atoms with Gasteiger partial charge in [0.2, 0.25) is 0 Å². The van der Waals surface area contributed by atoms with Crippen molar-refractivity contribution in [3.05, 3.63) is 27.7 Å². The van der Waals surface area contributed by atoms with Gasteiger partial charge in [-0.1, -0.05) is 36.5 Å². The van der Waals surface area contributed by atoms with Crippen LogP contribution in [0.2, 0.25) is 10.0 Å². The molecule has 0 bridgehead atoms. The van der Waals surface area contributed by atoms with E-state index in [1.807, 2.05) is 0 Å². The minimum Gasteiger partial charge on any atom is -0.488 e. The number of benzene rings is 1. The van der Waals surface area contributed by atoms with Crippen molar-refractivity contribution in [2.45, 2.75) is 45.1 Å². The van der Waals surface area contributed by atoms with Gasteiger partial charge in [0, 0.05) is 5.02 Å². The average molecular weight is 317 g/mol. The second-order valence-electron chi connectivity index (χ2n) is 5.18. The Balaban J connectivity index is 2.30. The third-order valence-corrected chi connectivity index (χ3v) is 4.37. The summed E-state index contributed by atoms with van der Waals surface area (Å²) in [6.07, 6.45) is 5.43. The van der Waals surface area contributed by atoms with Crippen LogP contribution in [0.25, 0.3) is 0 Å². The number of hydrogen-bond acceptors (Lipinski definition) is 2. The predicted octanol–water partition coefficient (Wildman–Crippen LogP) is 5.04. The lowest BCUT2D eigenvalue weighted by Crippen LogP contribution is -2.30. The van der Waals surface area contributed by atoms with Gasteiger partial charge in [-0.05, 0) is 43.7 Å². The minimum absolute atomic E-state index is 0.0305. The van der Waals surface area contributed by atoms with Gasteiger partial charge < -0.3 is 9.84 Å². The highest BCUT2D eigenvalue weighted by atomic mass is 35.5. The van der Waals surface area contributed by atoms with Gasteiger partial charge in [0.25, 0.3) is 0 Å². The molecule has 1 aromatic rings. The molecule has 1 saturated carbocycles. The predicted molar refractivity (Wildman–Crippen MR) is 80.1 cm³/mol. The van der Waals surface area contributed by atoms with Crippen molar-refractivity contribution in [3.63, 3.8) is 0 Å². The fourth-order valence-corrected chi connectivity index (χ4v) is 3.32. The quantitative estimate of drug-likeness (QED) is 0.846. The van der Waals surface area contributed by atoms with E-state index in [0.29, 0.717) is 10.9 Å². The van der Waals surface area contributed by atoms with Crippen molar-refractivity contribution < 1.29 is 14.6 Å². The van der Waals surface area contributed by atoms with Crippen molar-refractivity contribution in [2.75, 3.05) is 0 Å². The first kappa shape index (κ1) is 15.5. The van der Waals surface area contributed by atoms with Gasteiger partial charge in [0.1, 0.15) is 11.7 Å². The monoisotopic (exact) mass is 316 g/mol. The Morgan fingerprint density at radius 3 is 2.70 bits per heavy atom. The number of rotatable bonds is 4. The van der Waals surface area contributed by atoms with Crippen LogP contribution in [-0.4, -0.2) is 17.2 Å². The van der Waals surface area contributed by atoms with Crippen LogP contribution in [-0.2, 0) is 0 Å². The summed E-state index contributed by atoms with van der Waals surface area (Å²) in [5, 5.41) is 9.83. The molecule has 0 saturated heterocycles. The third-order valence-electron chi connectivity index (χ3n) is 3.87. The molecule has 2 rings (SSSR count). The van der Waals surface area contributed by atoms with E-state index in [9.17, 15) is 9.90 Å². The number of ether oxygens (including phenoxy) is 1. The summed E-state index contributed by atoms with van der Waals surface area (Å²) < 4.78 is 5.97. The van der Waals surface area contributed by atoms with Crippen molar-refractivity contribution in [1.82, 2.24) is 0 Å². The highest BCUT2D eigenvalue weighted by Gasteiger charge is 2.28. The second kappa shape index (κ2) is 6.68. The van der Waals surface area contributed by atoms with Gasteiger partial charge in [0.05, 0.1) is 5.02 Å². The number of aromatic carboxylic acids is 1. The number of carboxylic acids is 1. The maximum Gasteiger partial charge on any atom is 0.339 e. The Bertz CT molecular complexity index is 502. The standard InChI is InChI=1S/C15H18Cl2O3/c1-2-9-5-3-4-6-13(9)20-14-11(15(18)19)7-10(16)8-12(14)17/h7-9,13H,2-6H2,1H3,(H,18,19). The van der Waals surface area contributed by atoms with E-state index in [-0.39, 0.29) is 22.4 Å². The van der Waals surface area contributed by atoms with Gasteiger partial charge in [-0.3, -0.25) is 0 Å². The van der Waals surface area contributed by atoms with Crippen LogP contribution in [0.1, 0.15) is 49.4 Å². The number of halogens is 2. The normalized spacial score (nSPS) is 22.6. The van der Waals surface area contributed by atoms with Crippen LogP contribution in [0.5, 0.6) is 5.75 Å². The summed E-state index contributed by atoms with van der Waals surface area (Å²) in [6.45, 7) is 2.13. The fraction of sp³-hybridized carbons (Fsp3) is 0.533. The molecule has 2 atom stereocenters. The molecule has 5 heteroatoms. The van der Waals surface area contributed by atoms with Crippen LogP contribution in [0, 0.1) is 5.92 Å². The van der Waals surface area contributed by atoms with E-state index in [4.69, 9.17) is 27.9 Å². The maximum absolute atomic E-state index is 11.3. The SMILES string of the molecule is CCC1CCCCC1Oc1c(Cl)cc(Cl)cc1C(=O)O. The minimum atomic E-state index is -1.08. The molecule has 0 aromatic heterocycles. The summed E-state index contributed by atoms with van der Waals surface area (Å²) in [7, 11) is 0. The van der Waals surface area contributed by atoms with E-state index < -0.39 is 5.97 Å². The highest BCUT2D eigenvalue weighted by Crippen LogP contribution is 2.37. The zero-order valence-corrected chi connectivity index (χ0v) is 12.9. The van der Waals surface area contributed by atoms with Crippen LogP contribution < -0.4 is 4.74 Å². The van der Waals surface area contributed by atoms with Crippen LogP contribution >= 0.6 is 23.2 Å². The molecule has 1 aliphatic rings. The summed E-state index contributed by atoms with van der Waals surface area (Å²) in [5.41, 5.74) is 0.0305. The van der Waals surface area contributed by atoms with E-state index in [1.54, 1.807) is 0 Å². The molecule has 3 nitrogen and oxygen atoms in total. The smallest absolute Gasteiger partial charge is 0.339 e. The molecular formula is C15H18Cl2O3. The largest absolute Gasteiger partial charge is 0.488 e. The Hall–Kier alpha value is -0.930. The molecule has 110 valence electrons. The van der Waals surface area contributed by atoms with E-state index in [2.05, 4.69) is 6.92 Å². The lowest BCUT2D eigenvalue weighted by molar-refractivity contribution is 0.0664. The van der Waals surface area contributed by atoms with Crippen LogP contribution in [0.3, 0.4) is 0 Å². The van der Waals surface area contributed by atoms with Crippen molar-refractivity contribution >= 4 is 29.2 Å². The molecule has 1 fully saturated rings. The van der Waals surface area contributed by atoms with E-state index >= 15 is 0 Å². The molecule has 0 amide bonds. The first-order valence-corrected chi connectivity index (χ1v) is 7.67. The van der Waals surface area contributed by atoms with Gasteiger partial charge in [-0.15, -0.1) is 0 Å². The first-order valence-electron chi connectivity index (χ1n) is 6.92. The molecule has 1 N–H and O–H groups in total. The second-order valence-corrected chi connectivity index (χ2v) is 6.02. The Morgan fingerprint density at radius 2 is 2.05 bits per heavy atom. The molecule has 0 aliphatic heterocycles. The molecule has 2 unspecified atom stereocenters. The van der Waals surface area contributed by atoms with Gasteiger partial charge in [0.15, 0.2) is 5.75 Å². The molecule has 0 spiro atoms. The van der Waals surface area contributed by atoms with E-state index in [1.165, 1.54) is 18.6 Å². The Kier molecular flexibility index (Phi) is 5.17. The number of hydrogen-bond donors (Lipinski definition) is 1. The zero-order chi connectivity index (χ0) is 14.7. The van der Waals surface area contributed by atoms with Crippen LogP contribution in [0.4, 0.5) is 0 Å². The van der Waals surface area contributed by atoms with Gasteiger partial charge in [-0.2, -0.15) is 0 Å². The van der Waals surface area contributed by atoms with Gasteiger partial charge in [-0.25, -0.2) is 4.79 Å². The molecule has 1 aromatic carbocycles. The zero-order valence-electron chi connectivity index (χ0n) is 11.4. The molecule has 20 heavy (non-hydrogen) atoms. The number of carboxylic acid groups (broad SMARTS) is 1. The summed E-state index contributed by atoms with van der Waals surface area (Å²) in [6, 6.07) is 2.91. The molecule has 0 heterocycles. The third kappa shape index (κ3) is 3.39. The molecular weight excluding hydrogens is 299 g/mol. The summed E-state index contributed by atoms with van der Waals surface area (Å²) >= 11 is 12.0. The Labute approximate surface area is 128 Å². The van der Waals surface area contributed by atoms with Gasteiger partial charge >= 0.3 is 5.97 Å². The summed E-state index contributed by atoms with van der Waals surface area (Å²) in [5.74, 6) is -0.376. The summed E-state index contributed by atoms with van der Waals surface area (Å²) in [4.78, 5) is 11.3. The van der Waals surface area contributed by atoms with Crippen LogP contribution in [0.15, 0.2) is 12.1 Å². The highest BCUT2D eigenvalue weighted by molar-refractivity contribution is 6.36. The fourth-order valence-electron chi connectivity index (χ4n) is 2.79. The lowest BCUT2D eigenvalue weighted by atomic mass is 9.84. The average Bonchev–Trinajstić information content (AvgIpc) is 2.41. The van der Waals surface area contributed by atoms with Crippen molar-refractivity contribution in [2.24, 2.45) is 5.92 Å². The van der Waals surface area contributed by atoms with Crippen molar-refractivity contribution in [1.29, 1.82) is 0 Å².